The molecule has 0 radical (unpaired) electrons. The second-order valence-electron chi connectivity index (χ2n) is 7.30. The molecule has 0 saturated carbocycles. The molecular weight excluding hydrogens is 600 g/mol. The van der Waals surface area contributed by atoms with Gasteiger partial charge in [-0.3, -0.25) is 9.59 Å². The number of hydrogen-bond donors (Lipinski definition) is 2. The number of unbranched alkanes of at least 4 members (excludes halogenated alkanes) is 2. The number of carboxylic acids is 1. The van der Waals surface area contributed by atoms with Crippen LogP contribution < -0.4 is 5.32 Å². The Balaban J connectivity index is -0.00000432. The molecule has 5 nitrogen and oxygen atoms in total. The molecule has 1 aliphatic heterocycles. The molecular formula is C15H14CaF16N2O3. The third-order valence-corrected chi connectivity index (χ3v) is 4.86. The van der Waals surface area contributed by atoms with Crippen molar-refractivity contribution in [1.82, 2.24) is 10.2 Å². The predicted octanol–water partition coefficient (Wildman–Crippen LogP) is 4.86. The number of nitrogens with zero attached hydrogens (tertiary/aromatic N) is 1. The van der Waals surface area contributed by atoms with Crippen LogP contribution in [-0.2, 0) is 9.59 Å². The summed E-state index contributed by atoms with van der Waals surface area (Å²) >= 11 is 0. The Bertz CT molecular complexity index is 846. The normalized spacial score (nSPS) is 23.9. The zero-order chi connectivity index (χ0) is 29.0. The van der Waals surface area contributed by atoms with Crippen LogP contribution in [-0.4, -0.2) is 114 Å². The van der Waals surface area contributed by atoms with E-state index in [2.05, 4.69) is 0 Å². The second-order valence-corrected chi connectivity index (χ2v) is 7.30. The van der Waals surface area contributed by atoms with Crippen LogP contribution in [0.15, 0.2) is 0 Å². The number of carbonyl (C=O) groups is 2. The summed E-state index contributed by atoms with van der Waals surface area (Å²) in [5, 5.41) is 9.02. The number of alkyl halides is 16. The van der Waals surface area contributed by atoms with Crippen LogP contribution in [0.1, 0.15) is 28.5 Å². The van der Waals surface area contributed by atoms with Crippen molar-refractivity contribution in [1.29, 1.82) is 0 Å². The number of carbonyl (C=O) groups excluding carboxylic acids is 1. The molecule has 1 amide bonds. The largest absolute Gasteiger partial charge is 2.00 e. The smallest absolute Gasteiger partial charge is 1.00 e. The van der Waals surface area contributed by atoms with Gasteiger partial charge in [-0.15, -0.1) is 4.90 Å². The van der Waals surface area contributed by atoms with Crippen molar-refractivity contribution < 1.29 is 87.8 Å². The van der Waals surface area contributed by atoms with Crippen molar-refractivity contribution in [3.8, 4) is 0 Å². The second kappa shape index (κ2) is 10.5. The minimum atomic E-state index is -8.07. The summed E-state index contributed by atoms with van der Waals surface area (Å²) in [6, 6.07) is -24.1. The number of amides is 1. The fraction of sp³-hybridized carbons (Fsp3) is 0.867. The Hall–Kier alpha value is -0.960. The molecule has 37 heavy (non-hydrogen) atoms. The summed E-state index contributed by atoms with van der Waals surface area (Å²) in [6.07, 6.45) is -9.33. The molecule has 0 spiro atoms. The van der Waals surface area contributed by atoms with E-state index in [0.717, 1.165) is 0 Å². The summed E-state index contributed by atoms with van der Waals surface area (Å²) in [5.74, 6) is -29.0. The number of halogens is 16. The predicted molar refractivity (Wildman–Crippen MR) is 88.5 cm³/mol. The van der Waals surface area contributed by atoms with Crippen molar-refractivity contribution in [2.75, 3.05) is 6.54 Å². The summed E-state index contributed by atoms with van der Waals surface area (Å²) in [5.41, 5.74) is -7.41. The average molecular weight is 614 g/mol. The topological polar surface area (TPSA) is 69.6 Å². The van der Waals surface area contributed by atoms with Crippen molar-refractivity contribution in [2.24, 2.45) is 0 Å². The maximum atomic E-state index is 14.6. The van der Waals surface area contributed by atoms with Gasteiger partial charge in [0, 0.05) is 13.0 Å². The van der Waals surface area contributed by atoms with Crippen molar-refractivity contribution in [3.05, 3.63) is 0 Å². The summed E-state index contributed by atoms with van der Waals surface area (Å²) < 4.78 is 218. The van der Waals surface area contributed by atoms with Gasteiger partial charge in [-0.25, -0.2) is 4.39 Å². The van der Waals surface area contributed by atoms with Crippen LogP contribution in [0.4, 0.5) is 70.2 Å². The van der Waals surface area contributed by atoms with Gasteiger partial charge in [0.05, 0.1) is 0 Å². The Morgan fingerprint density at radius 1 is 0.730 bits per heavy atom. The first-order valence-corrected chi connectivity index (χ1v) is 9.03. The van der Waals surface area contributed by atoms with Crippen LogP contribution in [0, 0.1) is 0 Å². The zero-order valence-electron chi connectivity index (χ0n) is 19.5. The zero-order valence-corrected chi connectivity index (χ0v) is 19.7. The molecule has 1 fully saturated rings. The standard InChI is InChI=1S/C15H12F16N2O3.Ca.2H/c16-8(12(23,24)25,7(36)32-5-3-1-2-4-6(34)35)13(26,27)33-14(28,29)10(19,20)9(17,18)11(21,22)15(33,30)31;;;/h1-5H2,(H,32,36)(H,34,35);;;/q;+2;2*-1. The van der Waals surface area contributed by atoms with E-state index >= 15 is 0 Å². The molecule has 1 heterocycles. The maximum absolute atomic E-state index is 14.6. The molecule has 2 N–H and O–H groups in total. The first-order valence-electron chi connectivity index (χ1n) is 9.03. The van der Waals surface area contributed by atoms with Crippen LogP contribution in [0.5, 0.6) is 0 Å². The van der Waals surface area contributed by atoms with Crippen molar-refractivity contribution in [2.45, 2.75) is 73.4 Å². The van der Waals surface area contributed by atoms with Gasteiger partial charge in [0.15, 0.2) is 0 Å². The number of likely N-dealkylation sites (tertiary alicyclic amines) is 1. The minimum absolute atomic E-state index is 0. The number of carboxylic acid groups (broad SMARTS) is 1. The molecule has 1 atom stereocenters. The average Bonchev–Trinajstić information content (AvgIpc) is 2.66. The van der Waals surface area contributed by atoms with Gasteiger partial charge in [-0.1, -0.05) is 6.42 Å². The van der Waals surface area contributed by atoms with Crippen LogP contribution in [0.2, 0.25) is 0 Å². The molecule has 0 bridgehead atoms. The van der Waals surface area contributed by atoms with E-state index < -0.39 is 83.9 Å². The molecule has 0 aromatic heterocycles. The van der Waals surface area contributed by atoms with E-state index in [9.17, 15) is 79.8 Å². The molecule has 22 heteroatoms. The number of piperidine rings is 1. The Kier molecular flexibility index (Phi) is 10.3. The molecule has 0 aromatic rings. The van der Waals surface area contributed by atoms with E-state index in [-0.39, 0.29) is 53.4 Å². The van der Waals surface area contributed by atoms with Gasteiger partial charge in [-0.2, -0.15) is 65.9 Å². The Labute approximate surface area is 227 Å². The molecule has 1 unspecified atom stereocenters. The van der Waals surface area contributed by atoms with Gasteiger partial charge < -0.3 is 13.3 Å². The van der Waals surface area contributed by atoms with E-state index in [1.165, 1.54) is 0 Å². The first kappa shape index (κ1) is 36.0. The van der Waals surface area contributed by atoms with Crippen molar-refractivity contribution >= 4 is 49.6 Å². The SMILES string of the molecule is O=C(O)CCCCCNC(=O)C(F)(C(F)(F)F)C(F)(F)N1C(F)(F)C(F)(F)C(F)(F)C(F)(F)C1(F)F.[Ca+2].[H-].[H-]. The molecule has 1 rings (SSSR count). The van der Waals surface area contributed by atoms with Crippen molar-refractivity contribution in [3.63, 3.8) is 0 Å². The van der Waals surface area contributed by atoms with Gasteiger partial charge in [0.2, 0.25) is 0 Å². The minimum Gasteiger partial charge on any atom is -1.00 e. The van der Waals surface area contributed by atoms with Crippen LogP contribution >= 0.6 is 0 Å². The van der Waals surface area contributed by atoms with Crippen LogP contribution in [0.3, 0.4) is 0 Å². The summed E-state index contributed by atoms with van der Waals surface area (Å²) in [6.45, 7) is -1.30. The number of hydrogen-bond acceptors (Lipinski definition) is 3. The molecule has 0 aromatic carbocycles. The third-order valence-electron chi connectivity index (χ3n) is 4.86. The molecule has 1 saturated heterocycles. The third kappa shape index (κ3) is 5.17. The number of nitrogens with one attached hydrogen (secondary N) is 1. The number of rotatable bonds is 9. The maximum Gasteiger partial charge on any atom is 2.00 e. The van der Waals surface area contributed by atoms with E-state index in [4.69, 9.17) is 5.11 Å². The van der Waals surface area contributed by atoms with E-state index in [1.807, 2.05) is 0 Å². The Morgan fingerprint density at radius 3 is 1.49 bits per heavy atom. The fourth-order valence-electron chi connectivity index (χ4n) is 2.88. The van der Waals surface area contributed by atoms with E-state index in [1.54, 1.807) is 0 Å². The first-order chi connectivity index (χ1) is 15.7. The van der Waals surface area contributed by atoms with E-state index in [0.29, 0.717) is 5.32 Å². The fourth-order valence-corrected chi connectivity index (χ4v) is 2.88. The summed E-state index contributed by atoms with van der Waals surface area (Å²) in [7, 11) is 0. The number of aliphatic carboxylic acids is 1. The van der Waals surface area contributed by atoms with Gasteiger partial charge in [0.1, 0.15) is 0 Å². The Morgan fingerprint density at radius 2 is 1.14 bits per heavy atom. The van der Waals surface area contributed by atoms with Gasteiger partial charge in [-0.05, 0) is 12.8 Å². The molecule has 1 aliphatic rings. The van der Waals surface area contributed by atoms with Gasteiger partial charge >= 0.3 is 91.5 Å². The summed E-state index contributed by atoms with van der Waals surface area (Å²) in [4.78, 5) is 17.5. The monoisotopic (exact) mass is 614 g/mol. The quantitative estimate of drug-likeness (QED) is 0.169. The van der Waals surface area contributed by atoms with Gasteiger partial charge in [0.25, 0.3) is 5.91 Å². The molecule has 216 valence electrons. The van der Waals surface area contributed by atoms with Crippen LogP contribution in [0.25, 0.3) is 0 Å². The molecule has 0 aliphatic carbocycles.